The van der Waals surface area contributed by atoms with Gasteiger partial charge in [-0.05, 0) is 12.2 Å². The van der Waals surface area contributed by atoms with Gasteiger partial charge in [-0.1, -0.05) is 37.5 Å². The summed E-state index contributed by atoms with van der Waals surface area (Å²) in [7, 11) is 3.46. The van der Waals surface area contributed by atoms with Crippen molar-refractivity contribution in [1.29, 1.82) is 0 Å². The van der Waals surface area contributed by atoms with E-state index in [1.54, 1.807) is 26.2 Å². The quantitative estimate of drug-likeness (QED) is 0.468. The fraction of sp³-hybridized carbons (Fsp3) is 0.167. The summed E-state index contributed by atoms with van der Waals surface area (Å²) in [5.41, 5.74) is 1.65. The fourth-order valence-corrected chi connectivity index (χ4v) is 0.867. The highest BCUT2D eigenvalue weighted by molar-refractivity contribution is 6.50. The van der Waals surface area contributed by atoms with Gasteiger partial charge in [0.05, 0.1) is 11.4 Å². The van der Waals surface area contributed by atoms with Crippen molar-refractivity contribution in [2.24, 2.45) is 9.98 Å². The lowest BCUT2D eigenvalue weighted by Gasteiger charge is -1.98. The second kappa shape index (κ2) is 7.92. The molecule has 0 aliphatic rings. The molecule has 0 heterocycles. The molecule has 74 valence electrons. The Labute approximate surface area is 85.8 Å². The molecule has 0 saturated carbocycles. The van der Waals surface area contributed by atoms with Gasteiger partial charge < -0.3 is 0 Å². The lowest BCUT2D eigenvalue weighted by atomic mass is 10.2. The molecule has 0 saturated heterocycles. The van der Waals surface area contributed by atoms with Crippen LogP contribution in [-0.2, 0) is 0 Å². The van der Waals surface area contributed by atoms with E-state index in [2.05, 4.69) is 23.1 Å². The van der Waals surface area contributed by atoms with E-state index in [0.717, 1.165) is 11.4 Å². The van der Waals surface area contributed by atoms with E-state index in [9.17, 15) is 0 Å². The lowest BCUT2D eigenvalue weighted by Crippen LogP contribution is -2.08. The molecule has 0 atom stereocenters. The van der Waals surface area contributed by atoms with Crippen LogP contribution < -0.4 is 0 Å². The van der Waals surface area contributed by atoms with Gasteiger partial charge >= 0.3 is 0 Å². The molecule has 2 heteroatoms. The highest BCUT2D eigenvalue weighted by Gasteiger charge is 1.98. The van der Waals surface area contributed by atoms with Crippen molar-refractivity contribution in [3.63, 3.8) is 0 Å². The standard InChI is InChI=1S/C12H16N2/c1-5-7-9-11(13-3)12(14-4)10-8-6-2/h5-10H,1-2H2,3-4H3/b9-7-,10-8-,13-11?,14-12?. The number of hydrogen-bond acceptors (Lipinski definition) is 2. The summed E-state index contributed by atoms with van der Waals surface area (Å²) in [6.45, 7) is 7.20. The normalized spacial score (nSPS) is 13.9. The van der Waals surface area contributed by atoms with Gasteiger partial charge in [0.25, 0.3) is 0 Å². The first kappa shape index (κ1) is 12.3. The van der Waals surface area contributed by atoms with Crippen LogP contribution in [0.15, 0.2) is 59.6 Å². The Kier molecular flexibility index (Phi) is 6.96. The first-order chi connectivity index (χ1) is 6.79. The van der Waals surface area contributed by atoms with Gasteiger partial charge in [-0.2, -0.15) is 0 Å². The second-order valence-corrected chi connectivity index (χ2v) is 2.41. The molecule has 0 rings (SSSR count). The molecule has 0 unspecified atom stereocenters. The monoisotopic (exact) mass is 188 g/mol. The molecule has 0 spiro atoms. The summed E-state index contributed by atoms with van der Waals surface area (Å²) in [5.74, 6) is 0. The van der Waals surface area contributed by atoms with Crippen LogP contribution in [-0.4, -0.2) is 25.5 Å². The minimum atomic E-state index is 0.825. The number of hydrogen-bond donors (Lipinski definition) is 0. The van der Waals surface area contributed by atoms with E-state index < -0.39 is 0 Å². The molecule has 0 radical (unpaired) electrons. The molecule has 0 N–H and O–H groups in total. The smallest absolute Gasteiger partial charge is 0.0822 e. The predicted molar refractivity (Wildman–Crippen MR) is 65.4 cm³/mol. The summed E-state index contributed by atoms with van der Waals surface area (Å²) < 4.78 is 0. The topological polar surface area (TPSA) is 24.7 Å². The van der Waals surface area contributed by atoms with E-state index in [-0.39, 0.29) is 0 Å². The van der Waals surface area contributed by atoms with Crippen molar-refractivity contribution in [2.45, 2.75) is 0 Å². The molecule has 0 aliphatic heterocycles. The van der Waals surface area contributed by atoms with Crippen molar-refractivity contribution in [3.05, 3.63) is 49.6 Å². The minimum absolute atomic E-state index is 0.825. The van der Waals surface area contributed by atoms with E-state index >= 15 is 0 Å². The van der Waals surface area contributed by atoms with E-state index in [1.807, 2.05) is 24.3 Å². The van der Waals surface area contributed by atoms with Gasteiger partial charge in [0.1, 0.15) is 0 Å². The van der Waals surface area contributed by atoms with Crippen LogP contribution in [0.4, 0.5) is 0 Å². The Bertz CT molecular complexity index is 272. The number of aliphatic imine (C=N–C) groups is 2. The third-order valence-electron chi connectivity index (χ3n) is 1.52. The Morgan fingerprint density at radius 2 is 1.21 bits per heavy atom. The van der Waals surface area contributed by atoms with Crippen LogP contribution in [0, 0.1) is 0 Å². The summed E-state index contributed by atoms with van der Waals surface area (Å²) in [6.07, 6.45) is 10.8. The van der Waals surface area contributed by atoms with Gasteiger partial charge in [-0.3, -0.25) is 9.98 Å². The molecule has 0 aromatic heterocycles. The second-order valence-electron chi connectivity index (χ2n) is 2.41. The average Bonchev–Trinajstić information content (AvgIpc) is 2.23. The first-order valence-electron chi connectivity index (χ1n) is 4.32. The molecule has 0 fully saturated rings. The Morgan fingerprint density at radius 1 is 0.857 bits per heavy atom. The zero-order valence-corrected chi connectivity index (χ0v) is 8.77. The third-order valence-corrected chi connectivity index (χ3v) is 1.52. The third kappa shape index (κ3) is 4.36. The maximum Gasteiger partial charge on any atom is 0.0822 e. The summed E-state index contributed by atoms with van der Waals surface area (Å²) in [4.78, 5) is 8.23. The molecule has 0 aromatic rings. The molecule has 0 aliphatic carbocycles. The largest absolute Gasteiger partial charge is 0.286 e. The van der Waals surface area contributed by atoms with Gasteiger partial charge in [0, 0.05) is 14.1 Å². The van der Waals surface area contributed by atoms with Crippen molar-refractivity contribution >= 4 is 11.4 Å². The number of allylic oxidation sites excluding steroid dienone is 6. The van der Waals surface area contributed by atoms with Gasteiger partial charge in [-0.25, -0.2) is 0 Å². The molecular weight excluding hydrogens is 172 g/mol. The average molecular weight is 188 g/mol. The van der Waals surface area contributed by atoms with Crippen LogP contribution in [0.3, 0.4) is 0 Å². The van der Waals surface area contributed by atoms with E-state index in [1.165, 1.54) is 0 Å². The van der Waals surface area contributed by atoms with Crippen molar-refractivity contribution < 1.29 is 0 Å². The van der Waals surface area contributed by atoms with Gasteiger partial charge in [0.15, 0.2) is 0 Å². The SMILES string of the molecule is C=C/C=C\C(=NC)C(/C=C\C=C)=NC. The molecule has 0 aromatic carbocycles. The fourth-order valence-electron chi connectivity index (χ4n) is 0.867. The lowest BCUT2D eigenvalue weighted by molar-refractivity contribution is 1.43. The number of nitrogens with zero attached hydrogens (tertiary/aromatic N) is 2. The first-order valence-corrected chi connectivity index (χ1v) is 4.32. The van der Waals surface area contributed by atoms with Gasteiger partial charge in [-0.15, -0.1) is 0 Å². The summed E-state index contributed by atoms with van der Waals surface area (Å²) in [5, 5.41) is 0. The highest BCUT2D eigenvalue weighted by Crippen LogP contribution is 1.91. The highest BCUT2D eigenvalue weighted by atomic mass is 14.8. The summed E-state index contributed by atoms with van der Waals surface area (Å²) >= 11 is 0. The maximum absolute atomic E-state index is 4.12. The van der Waals surface area contributed by atoms with Crippen molar-refractivity contribution in [1.82, 2.24) is 0 Å². The maximum atomic E-state index is 4.12. The molecule has 14 heavy (non-hydrogen) atoms. The van der Waals surface area contributed by atoms with Crippen LogP contribution >= 0.6 is 0 Å². The Hall–Kier alpha value is -1.70. The van der Waals surface area contributed by atoms with Crippen LogP contribution in [0.1, 0.15) is 0 Å². The molecular formula is C12H16N2. The van der Waals surface area contributed by atoms with Crippen LogP contribution in [0.25, 0.3) is 0 Å². The van der Waals surface area contributed by atoms with Crippen LogP contribution in [0.5, 0.6) is 0 Å². The van der Waals surface area contributed by atoms with E-state index in [4.69, 9.17) is 0 Å². The molecule has 0 bridgehead atoms. The Morgan fingerprint density at radius 3 is 1.43 bits per heavy atom. The zero-order chi connectivity index (χ0) is 10.8. The number of rotatable bonds is 5. The zero-order valence-electron chi connectivity index (χ0n) is 8.77. The minimum Gasteiger partial charge on any atom is -0.286 e. The molecule has 2 nitrogen and oxygen atoms in total. The molecule has 0 amide bonds. The predicted octanol–water partition coefficient (Wildman–Crippen LogP) is 2.61. The van der Waals surface area contributed by atoms with E-state index in [0.29, 0.717) is 0 Å². The van der Waals surface area contributed by atoms with Crippen LogP contribution in [0.2, 0.25) is 0 Å². The van der Waals surface area contributed by atoms with Crippen molar-refractivity contribution in [3.8, 4) is 0 Å². The summed E-state index contributed by atoms with van der Waals surface area (Å²) in [6, 6.07) is 0. The van der Waals surface area contributed by atoms with Gasteiger partial charge in [0.2, 0.25) is 0 Å². The Balaban J connectivity index is 4.82. The van der Waals surface area contributed by atoms with Crippen molar-refractivity contribution in [2.75, 3.05) is 14.1 Å².